The molecular formula is C23H18ClN5O3S. The number of non-ortho nitro benzene ring substituents is 1. The van der Waals surface area contributed by atoms with Crippen molar-refractivity contribution in [2.75, 3.05) is 11.1 Å². The molecule has 3 aromatic carbocycles. The first-order valence-electron chi connectivity index (χ1n) is 9.91. The lowest BCUT2D eigenvalue weighted by atomic mass is 10.1. The van der Waals surface area contributed by atoms with Crippen LogP contribution in [0, 0.1) is 10.1 Å². The zero-order chi connectivity index (χ0) is 23.2. The van der Waals surface area contributed by atoms with Crippen molar-refractivity contribution in [3.05, 3.63) is 105 Å². The van der Waals surface area contributed by atoms with Gasteiger partial charge in [-0.2, -0.15) is 0 Å². The van der Waals surface area contributed by atoms with E-state index in [2.05, 4.69) is 15.5 Å². The Morgan fingerprint density at radius 2 is 1.73 bits per heavy atom. The van der Waals surface area contributed by atoms with Gasteiger partial charge in [0.15, 0.2) is 5.16 Å². The number of benzene rings is 3. The highest BCUT2D eigenvalue weighted by Gasteiger charge is 2.17. The molecule has 0 radical (unpaired) electrons. The Morgan fingerprint density at radius 3 is 2.39 bits per heavy atom. The van der Waals surface area contributed by atoms with Crippen molar-refractivity contribution in [3.8, 4) is 5.69 Å². The number of aromatic nitrogens is 3. The summed E-state index contributed by atoms with van der Waals surface area (Å²) in [7, 11) is 0. The van der Waals surface area contributed by atoms with E-state index in [0.717, 1.165) is 17.1 Å². The normalized spacial score (nSPS) is 10.7. The second-order valence-corrected chi connectivity index (χ2v) is 8.34. The third-order valence-corrected chi connectivity index (χ3v) is 5.93. The first kappa shape index (κ1) is 22.5. The highest BCUT2D eigenvalue weighted by atomic mass is 35.5. The standard InChI is InChI=1S/C23H18ClN5O3S/c24-19-14-18(29(31)32)11-12-20(19)25-22(30)15-33-23-27-26-21(13-16-7-3-1-4-8-16)28(23)17-9-5-2-6-10-17/h1-12,14H,13,15H2,(H,25,30). The highest BCUT2D eigenvalue weighted by molar-refractivity contribution is 7.99. The van der Waals surface area contributed by atoms with Gasteiger partial charge in [0.1, 0.15) is 5.82 Å². The molecule has 1 amide bonds. The smallest absolute Gasteiger partial charge is 0.271 e. The molecule has 0 saturated carbocycles. The fourth-order valence-electron chi connectivity index (χ4n) is 3.16. The molecule has 0 saturated heterocycles. The number of amides is 1. The summed E-state index contributed by atoms with van der Waals surface area (Å²) in [5.41, 5.74) is 2.16. The van der Waals surface area contributed by atoms with Crippen LogP contribution in [0.4, 0.5) is 11.4 Å². The van der Waals surface area contributed by atoms with Crippen LogP contribution in [0.3, 0.4) is 0 Å². The second-order valence-electron chi connectivity index (χ2n) is 6.99. The van der Waals surface area contributed by atoms with Crippen molar-refractivity contribution >= 4 is 40.6 Å². The maximum Gasteiger partial charge on any atom is 0.271 e. The van der Waals surface area contributed by atoms with Crippen LogP contribution < -0.4 is 5.32 Å². The number of thioether (sulfide) groups is 1. The summed E-state index contributed by atoms with van der Waals surface area (Å²) in [4.78, 5) is 22.8. The van der Waals surface area contributed by atoms with E-state index in [1.807, 2.05) is 65.2 Å². The van der Waals surface area contributed by atoms with Gasteiger partial charge in [-0.1, -0.05) is 71.9 Å². The number of hydrogen-bond donors (Lipinski definition) is 1. The van der Waals surface area contributed by atoms with E-state index in [0.29, 0.717) is 17.3 Å². The molecule has 1 heterocycles. The van der Waals surface area contributed by atoms with Crippen LogP contribution in [-0.4, -0.2) is 31.3 Å². The maximum atomic E-state index is 12.5. The molecule has 0 bridgehead atoms. The predicted octanol–water partition coefficient (Wildman–Crippen LogP) is 5.15. The zero-order valence-electron chi connectivity index (χ0n) is 17.2. The highest BCUT2D eigenvalue weighted by Crippen LogP contribution is 2.28. The maximum absolute atomic E-state index is 12.5. The number of anilines is 1. The van der Waals surface area contributed by atoms with Gasteiger partial charge in [0.2, 0.25) is 5.91 Å². The summed E-state index contributed by atoms with van der Waals surface area (Å²) in [6, 6.07) is 23.6. The lowest BCUT2D eigenvalue weighted by Gasteiger charge is -2.11. The van der Waals surface area contributed by atoms with Gasteiger partial charge in [-0.25, -0.2) is 0 Å². The monoisotopic (exact) mass is 479 g/mol. The number of nitro groups is 1. The largest absolute Gasteiger partial charge is 0.324 e. The van der Waals surface area contributed by atoms with Crippen molar-refractivity contribution in [1.82, 2.24) is 14.8 Å². The fraction of sp³-hybridized carbons (Fsp3) is 0.0870. The van der Waals surface area contributed by atoms with E-state index in [1.165, 1.54) is 30.0 Å². The average Bonchev–Trinajstić information content (AvgIpc) is 3.22. The summed E-state index contributed by atoms with van der Waals surface area (Å²) >= 11 is 7.31. The first-order valence-corrected chi connectivity index (χ1v) is 11.3. The fourth-order valence-corrected chi connectivity index (χ4v) is 4.15. The van der Waals surface area contributed by atoms with E-state index in [-0.39, 0.29) is 22.4 Å². The van der Waals surface area contributed by atoms with Crippen molar-refractivity contribution in [3.63, 3.8) is 0 Å². The van der Waals surface area contributed by atoms with Crippen molar-refractivity contribution in [2.24, 2.45) is 0 Å². The van der Waals surface area contributed by atoms with Crippen LogP contribution in [0.15, 0.2) is 84.0 Å². The van der Waals surface area contributed by atoms with Crippen LogP contribution in [-0.2, 0) is 11.2 Å². The summed E-state index contributed by atoms with van der Waals surface area (Å²) in [5, 5.41) is 22.9. The Bertz CT molecular complexity index is 1280. The quantitative estimate of drug-likeness (QED) is 0.213. The van der Waals surface area contributed by atoms with E-state index < -0.39 is 4.92 Å². The number of nitrogens with zero attached hydrogens (tertiary/aromatic N) is 4. The first-order chi connectivity index (χ1) is 16.0. The molecule has 33 heavy (non-hydrogen) atoms. The second kappa shape index (κ2) is 10.3. The van der Waals surface area contributed by atoms with E-state index in [9.17, 15) is 14.9 Å². The van der Waals surface area contributed by atoms with Gasteiger partial charge in [0.05, 0.1) is 21.4 Å². The molecule has 10 heteroatoms. The molecule has 1 aromatic heterocycles. The van der Waals surface area contributed by atoms with E-state index >= 15 is 0 Å². The number of carbonyl (C=O) groups excluding carboxylic acids is 1. The van der Waals surface area contributed by atoms with Gasteiger partial charge in [-0.3, -0.25) is 19.5 Å². The molecule has 0 atom stereocenters. The molecule has 0 aliphatic carbocycles. The number of nitrogens with one attached hydrogen (secondary N) is 1. The van der Waals surface area contributed by atoms with Crippen molar-refractivity contribution < 1.29 is 9.72 Å². The molecule has 0 spiro atoms. The van der Waals surface area contributed by atoms with Crippen LogP contribution in [0.25, 0.3) is 5.69 Å². The number of hydrogen-bond acceptors (Lipinski definition) is 6. The minimum absolute atomic E-state index is 0.0591. The Kier molecular flexibility index (Phi) is 7.01. The summed E-state index contributed by atoms with van der Waals surface area (Å²) < 4.78 is 1.93. The van der Waals surface area contributed by atoms with Gasteiger partial charge in [0, 0.05) is 24.2 Å². The Hall–Kier alpha value is -3.69. The number of carbonyl (C=O) groups is 1. The van der Waals surface area contributed by atoms with Gasteiger partial charge in [0.25, 0.3) is 5.69 Å². The van der Waals surface area contributed by atoms with Crippen LogP contribution >= 0.6 is 23.4 Å². The number of nitro benzene ring substituents is 1. The molecular weight excluding hydrogens is 462 g/mol. The molecule has 166 valence electrons. The average molecular weight is 480 g/mol. The molecule has 0 unspecified atom stereocenters. The molecule has 1 N–H and O–H groups in total. The van der Waals surface area contributed by atoms with Gasteiger partial charge in [-0.05, 0) is 23.8 Å². The van der Waals surface area contributed by atoms with Gasteiger partial charge < -0.3 is 5.32 Å². The minimum atomic E-state index is -0.545. The number of halogens is 1. The predicted molar refractivity (Wildman–Crippen MR) is 128 cm³/mol. The third kappa shape index (κ3) is 5.57. The van der Waals surface area contributed by atoms with Crippen LogP contribution in [0.5, 0.6) is 0 Å². The lowest BCUT2D eigenvalue weighted by molar-refractivity contribution is -0.384. The molecule has 0 aliphatic heterocycles. The SMILES string of the molecule is O=C(CSc1nnc(Cc2ccccc2)n1-c1ccccc1)Nc1ccc([N+](=O)[O-])cc1Cl. The molecule has 4 rings (SSSR count). The van der Waals surface area contributed by atoms with Gasteiger partial charge in [-0.15, -0.1) is 10.2 Å². The van der Waals surface area contributed by atoms with E-state index in [4.69, 9.17) is 11.6 Å². The van der Waals surface area contributed by atoms with Crippen molar-refractivity contribution in [1.29, 1.82) is 0 Å². The summed E-state index contributed by atoms with van der Waals surface area (Å²) in [5.74, 6) is 0.501. The summed E-state index contributed by atoms with van der Waals surface area (Å²) in [6.45, 7) is 0. The molecule has 0 aliphatic rings. The molecule has 0 fully saturated rings. The van der Waals surface area contributed by atoms with Crippen LogP contribution in [0.2, 0.25) is 5.02 Å². The lowest BCUT2D eigenvalue weighted by Crippen LogP contribution is -2.15. The number of rotatable bonds is 8. The van der Waals surface area contributed by atoms with Crippen LogP contribution in [0.1, 0.15) is 11.4 Å². The minimum Gasteiger partial charge on any atom is -0.324 e. The zero-order valence-corrected chi connectivity index (χ0v) is 18.8. The van der Waals surface area contributed by atoms with Crippen molar-refractivity contribution in [2.45, 2.75) is 11.6 Å². The Balaban J connectivity index is 1.51. The Labute approximate surface area is 198 Å². The molecule has 4 aromatic rings. The van der Waals surface area contributed by atoms with E-state index in [1.54, 1.807) is 0 Å². The Morgan fingerprint density at radius 1 is 1.03 bits per heavy atom. The molecule has 8 nitrogen and oxygen atoms in total. The topological polar surface area (TPSA) is 103 Å². The number of para-hydroxylation sites is 1. The summed E-state index contributed by atoms with van der Waals surface area (Å²) in [6.07, 6.45) is 0.591. The third-order valence-electron chi connectivity index (χ3n) is 4.69. The van der Waals surface area contributed by atoms with Gasteiger partial charge >= 0.3 is 0 Å².